The summed E-state index contributed by atoms with van der Waals surface area (Å²) in [7, 11) is 0. The minimum Gasteiger partial charge on any atom is -0.396 e. The minimum absolute atomic E-state index is 0.0404. The number of hydrogen-bond acceptors (Lipinski definition) is 7. The van der Waals surface area contributed by atoms with Gasteiger partial charge < -0.3 is 11.5 Å². The molecule has 3 heterocycles. The average molecular weight is 316 g/mol. The predicted molar refractivity (Wildman–Crippen MR) is 90.2 cm³/mol. The summed E-state index contributed by atoms with van der Waals surface area (Å²) in [6.45, 7) is 1.84. The zero-order valence-corrected chi connectivity index (χ0v) is 12.7. The SMILES string of the molecule is Cc1nn(-c2ccccc2)c2nc3nc(N)c(C#N)c(N)c3nc12. The number of benzene rings is 1. The van der Waals surface area contributed by atoms with E-state index in [1.165, 1.54) is 0 Å². The highest BCUT2D eigenvalue weighted by Crippen LogP contribution is 2.27. The number of nitrogen functional groups attached to an aromatic ring is 2. The van der Waals surface area contributed by atoms with Crippen LogP contribution in [0.2, 0.25) is 0 Å². The first kappa shape index (κ1) is 13.9. The monoisotopic (exact) mass is 316 g/mol. The van der Waals surface area contributed by atoms with Crippen LogP contribution in [0.15, 0.2) is 30.3 Å². The largest absolute Gasteiger partial charge is 0.396 e. The number of hydrogen-bond donors (Lipinski definition) is 2. The molecular weight excluding hydrogens is 304 g/mol. The standard InChI is InChI=1S/C16H12N8/c1-8-12-16(24(23-8)9-5-3-2-4-6-9)22-15-13(20-12)11(18)10(7-17)14(19)21-15/h2-6H,1H3,(H4,18,19,21,22). The Bertz CT molecular complexity index is 1140. The molecular formula is C16H12N8. The van der Waals surface area contributed by atoms with E-state index in [9.17, 15) is 0 Å². The van der Waals surface area contributed by atoms with Crippen molar-refractivity contribution in [3.8, 4) is 11.8 Å². The summed E-state index contributed by atoms with van der Waals surface area (Å²) in [5, 5.41) is 13.7. The van der Waals surface area contributed by atoms with Crippen LogP contribution in [-0.2, 0) is 0 Å². The van der Waals surface area contributed by atoms with E-state index >= 15 is 0 Å². The van der Waals surface area contributed by atoms with Crippen LogP contribution in [0.1, 0.15) is 11.3 Å². The molecule has 0 unspecified atom stereocenters. The van der Waals surface area contributed by atoms with Crippen LogP contribution in [0.4, 0.5) is 11.5 Å². The van der Waals surface area contributed by atoms with Crippen LogP contribution in [-0.4, -0.2) is 24.7 Å². The molecule has 3 aromatic heterocycles. The Balaban J connectivity index is 2.11. The lowest BCUT2D eigenvalue weighted by Crippen LogP contribution is -2.05. The van der Waals surface area contributed by atoms with E-state index in [1.807, 2.05) is 43.3 Å². The van der Waals surface area contributed by atoms with E-state index in [0.717, 1.165) is 5.69 Å². The molecule has 8 heteroatoms. The molecule has 0 amide bonds. The lowest BCUT2D eigenvalue weighted by Gasteiger charge is -2.06. The van der Waals surface area contributed by atoms with Crippen molar-refractivity contribution in [1.82, 2.24) is 24.7 Å². The number of pyridine rings is 1. The summed E-state index contributed by atoms with van der Waals surface area (Å²) in [5.41, 5.74) is 15.5. The van der Waals surface area contributed by atoms with Crippen LogP contribution >= 0.6 is 0 Å². The van der Waals surface area contributed by atoms with Crippen molar-refractivity contribution < 1.29 is 0 Å². The molecule has 0 aliphatic rings. The molecule has 0 aliphatic heterocycles. The van der Waals surface area contributed by atoms with E-state index < -0.39 is 0 Å². The second-order valence-electron chi connectivity index (χ2n) is 5.30. The van der Waals surface area contributed by atoms with Gasteiger partial charge in [-0.2, -0.15) is 10.4 Å². The summed E-state index contributed by atoms with van der Waals surface area (Å²) in [5.74, 6) is 0.0404. The van der Waals surface area contributed by atoms with E-state index in [2.05, 4.69) is 20.1 Å². The molecule has 8 nitrogen and oxygen atoms in total. The van der Waals surface area contributed by atoms with Crippen molar-refractivity contribution in [2.45, 2.75) is 6.92 Å². The highest BCUT2D eigenvalue weighted by atomic mass is 15.3. The number of aryl methyl sites for hydroxylation is 1. The van der Waals surface area contributed by atoms with Gasteiger partial charge in [-0.05, 0) is 19.1 Å². The Labute approximate surface area is 136 Å². The van der Waals surface area contributed by atoms with Gasteiger partial charge in [-0.1, -0.05) is 18.2 Å². The maximum Gasteiger partial charge on any atom is 0.184 e. The van der Waals surface area contributed by atoms with E-state index in [4.69, 9.17) is 16.7 Å². The smallest absolute Gasteiger partial charge is 0.184 e. The van der Waals surface area contributed by atoms with Crippen LogP contribution < -0.4 is 11.5 Å². The van der Waals surface area contributed by atoms with Crippen molar-refractivity contribution in [2.75, 3.05) is 11.5 Å². The molecule has 0 saturated carbocycles. The van der Waals surface area contributed by atoms with Gasteiger partial charge in [0, 0.05) is 0 Å². The molecule has 0 bridgehead atoms. The fraction of sp³-hybridized carbons (Fsp3) is 0.0625. The molecule has 0 fully saturated rings. The fourth-order valence-electron chi connectivity index (χ4n) is 2.60. The molecule has 116 valence electrons. The Hall–Kier alpha value is -3.73. The fourth-order valence-corrected chi connectivity index (χ4v) is 2.60. The second-order valence-corrected chi connectivity index (χ2v) is 5.30. The van der Waals surface area contributed by atoms with Crippen molar-refractivity contribution in [3.05, 3.63) is 41.6 Å². The molecule has 24 heavy (non-hydrogen) atoms. The van der Waals surface area contributed by atoms with Crippen molar-refractivity contribution in [1.29, 1.82) is 5.26 Å². The normalized spacial score (nSPS) is 11.0. The maximum absolute atomic E-state index is 9.16. The van der Waals surface area contributed by atoms with Gasteiger partial charge in [-0.15, -0.1) is 0 Å². The van der Waals surface area contributed by atoms with Gasteiger partial charge >= 0.3 is 0 Å². The number of anilines is 2. The van der Waals surface area contributed by atoms with Gasteiger partial charge in [0.05, 0.1) is 17.1 Å². The number of nitriles is 1. The Morgan fingerprint density at radius 3 is 2.50 bits per heavy atom. The van der Waals surface area contributed by atoms with Crippen molar-refractivity contribution >= 4 is 33.8 Å². The molecule has 4 aromatic rings. The lowest BCUT2D eigenvalue weighted by atomic mass is 10.2. The van der Waals surface area contributed by atoms with E-state index in [1.54, 1.807) is 4.68 Å². The van der Waals surface area contributed by atoms with Gasteiger partial charge in [-0.25, -0.2) is 19.6 Å². The first-order chi connectivity index (χ1) is 11.6. The third kappa shape index (κ3) is 1.85. The first-order valence-corrected chi connectivity index (χ1v) is 7.17. The summed E-state index contributed by atoms with van der Waals surface area (Å²) in [6.07, 6.45) is 0. The summed E-state index contributed by atoms with van der Waals surface area (Å²) >= 11 is 0. The third-order valence-electron chi connectivity index (χ3n) is 3.77. The summed E-state index contributed by atoms with van der Waals surface area (Å²) < 4.78 is 1.70. The van der Waals surface area contributed by atoms with Gasteiger partial charge in [0.25, 0.3) is 0 Å². The second kappa shape index (κ2) is 4.89. The highest BCUT2D eigenvalue weighted by molar-refractivity contribution is 5.95. The first-order valence-electron chi connectivity index (χ1n) is 7.17. The number of nitrogens with zero attached hydrogens (tertiary/aromatic N) is 6. The number of nitrogens with two attached hydrogens (primary N) is 2. The van der Waals surface area contributed by atoms with Gasteiger partial charge in [0.2, 0.25) is 0 Å². The Morgan fingerprint density at radius 1 is 1.04 bits per heavy atom. The average Bonchev–Trinajstić information content (AvgIpc) is 2.91. The van der Waals surface area contributed by atoms with Gasteiger partial charge in [0.1, 0.15) is 28.5 Å². The molecule has 4 N–H and O–H groups in total. The van der Waals surface area contributed by atoms with Crippen molar-refractivity contribution in [3.63, 3.8) is 0 Å². The van der Waals surface area contributed by atoms with Crippen LogP contribution in [0.25, 0.3) is 28.0 Å². The topological polar surface area (TPSA) is 132 Å². The van der Waals surface area contributed by atoms with Gasteiger partial charge in [-0.3, -0.25) is 0 Å². The number of fused-ring (bicyclic) bond motifs is 2. The van der Waals surface area contributed by atoms with Crippen LogP contribution in [0.5, 0.6) is 0 Å². The van der Waals surface area contributed by atoms with Crippen LogP contribution in [0, 0.1) is 18.3 Å². The molecule has 4 rings (SSSR count). The molecule has 0 saturated heterocycles. The Morgan fingerprint density at radius 2 is 1.79 bits per heavy atom. The zero-order chi connectivity index (χ0) is 16.8. The van der Waals surface area contributed by atoms with Gasteiger partial charge in [0.15, 0.2) is 11.3 Å². The Kier molecular flexibility index (Phi) is 2.83. The predicted octanol–water partition coefficient (Wildman–Crippen LogP) is 1.71. The number of rotatable bonds is 1. The lowest BCUT2D eigenvalue weighted by molar-refractivity contribution is 0.879. The van der Waals surface area contributed by atoms with E-state index in [0.29, 0.717) is 22.4 Å². The summed E-state index contributed by atoms with van der Waals surface area (Å²) in [6, 6.07) is 11.6. The van der Waals surface area contributed by atoms with Crippen molar-refractivity contribution in [2.24, 2.45) is 0 Å². The third-order valence-corrected chi connectivity index (χ3v) is 3.77. The minimum atomic E-state index is 0.0404. The molecule has 0 atom stereocenters. The molecule has 1 aromatic carbocycles. The quantitative estimate of drug-likeness (QED) is 0.546. The van der Waals surface area contributed by atoms with E-state index in [-0.39, 0.29) is 22.7 Å². The number of para-hydroxylation sites is 1. The zero-order valence-electron chi connectivity index (χ0n) is 12.7. The maximum atomic E-state index is 9.16. The van der Waals surface area contributed by atoms with Crippen LogP contribution in [0.3, 0.4) is 0 Å². The highest BCUT2D eigenvalue weighted by Gasteiger charge is 2.18. The molecule has 0 aliphatic carbocycles. The summed E-state index contributed by atoms with van der Waals surface area (Å²) in [4.78, 5) is 13.2. The number of aromatic nitrogens is 5. The molecule has 0 spiro atoms. The molecule has 0 radical (unpaired) electrons.